The third-order valence-corrected chi connectivity index (χ3v) is 5.35. The first kappa shape index (κ1) is 19.1. The molecular formula is C22H25N5O2. The molecular weight excluding hydrogens is 366 g/mol. The molecule has 1 amide bonds. The van der Waals surface area contributed by atoms with Gasteiger partial charge in [-0.05, 0) is 49.9 Å². The van der Waals surface area contributed by atoms with E-state index in [1.165, 1.54) is 17.3 Å². The Morgan fingerprint density at radius 2 is 1.93 bits per heavy atom. The number of hydrogen-bond donors (Lipinski definition) is 1. The van der Waals surface area contributed by atoms with Gasteiger partial charge in [-0.25, -0.2) is 9.97 Å². The molecule has 1 fully saturated rings. The average molecular weight is 391 g/mol. The van der Waals surface area contributed by atoms with Crippen LogP contribution < -0.4 is 15.8 Å². The molecule has 1 aliphatic heterocycles. The molecule has 2 aromatic heterocycles. The van der Waals surface area contributed by atoms with E-state index in [-0.39, 0.29) is 24.4 Å². The number of aryl methyl sites for hydroxylation is 2. The Hall–Kier alpha value is -3.22. The SMILES string of the molecule is Cc1cccc2c(=O)n(CCC(=O)Nc3cccnc3N3CCCCC3)cnc12. The molecule has 1 aliphatic rings. The highest BCUT2D eigenvalue weighted by atomic mass is 16.2. The van der Waals surface area contributed by atoms with Crippen molar-refractivity contribution >= 4 is 28.3 Å². The van der Waals surface area contributed by atoms with Crippen LogP contribution in [0, 0.1) is 6.92 Å². The Kier molecular flexibility index (Phi) is 5.55. The van der Waals surface area contributed by atoms with Crippen LogP contribution >= 0.6 is 0 Å². The second-order valence-electron chi connectivity index (χ2n) is 7.43. The number of rotatable bonds is 5. The zero-order valence-corrected chi connectivity index (χ0v) is 16.6. The van der Waals surface area contributed by atoms with Gasteiger partial charge in [0.15, 0.2) is 5.82 Å². The van der Waals surface area contributed by atoms with Crippen molar-refractivity contribution in [3.63, 3.8) is 0 Å². The number of benzene rings is 1. The quantitative estimate of drug-likeness (QED) is 0.723. The molecule has 0 radical (unpaired) electrons. The van der Waals surface area contributed by atoms with E-state index in [1.54, 1.807) is 12.3 Å². The number of amides is 1. The number of hydrogen-bond acceptors (Lipinski definition) is 5. The van der Waals surface area contributed by atoms with Gasteiger partial charge in [0.05, 0.1) is 22.9 Å². The number of pyridine rings is 1. The predicted molar refractivity (Wildman–Crippen MR) is 114 cm³/mol. The third kappa shape index (κ3) is 4.13. The molecule has 1 saturated heterocycles. The van der Waals surface area contributed by atoms with Gasteiger partial charge in [0, 0.05) is 32.3 Å². The molecule has 0 atom stereocenters. The average Bonchev–Trinajstić information content (AvgIpc) is 2.75. The van der Waals surface area contributed by atoms with Crippen molar-refractivity contribution < 1.29 is 4.79 Å². The van der Waals surface area contributed by atoms with Gasteiger partial charge in [-0.1, -0.05) is 12.1 Å². The minimum atomic E-state index is -0.146. The summed E-state index contributed by atoms with van der Waals surface area (Å²) in [6, 6.07) is 9.25. The van der Waals surface area contributed by atoms with E-state index in [0.29, 0.717) is 10.9 Å². The van der Waals surface area contributed by atoms with Crippen molar-refractivity contribution in [3.05, 3.63) is 58.8 Å². The maximum atomic E-state index is 12.7. The molecule has 1 N–H and O–H groups in total. The monoisotopic (exact) mass is 391 g/mol. The van der Waals surface area contributed by atoms with Gasteiger partial charge in [0.2, 0.25) is 5.91 Å². The number of para-hydroxylation sites is 1. The lowest BCUT2D eigenvalue weighted by atomic mass is 10.1. The summed E-state index contributed by atoms with van der Waals surface area (Å²) in [6.07, 6.45) is 6.98. The first-order valence-electron chi connectivity index (χ1n) is 10.1. The number of nitrogens with one attached hydrogen (secondary N) is 1. The van der Waals surface area contributed by atoms with E-state index in [9.17, 15) is 9.59 Å². The van der Waals surface area contributed by atoms with Gasteiger partial charge >= 0.3 is 0 Å². The number of carbonyl (C=O) groups is 1. The number of nitrogens with zero attached hydrogens (tertiary/aromatic N) is 4. The van der Waals surface area contributed by atoms with E-state index in [0.717, 1.165) is 43.0 Å². The minimum Gasteiger partial charge on any atom is -0.355 e. The molecule has 7 heteroatoms. The van der Waals surface area contributed by atoms with Crippen LogP contribution in [0.1, 0.15) is 31.2 Å². The highest BCUT2D eigenvalue weighted by Crippen LogP contribution is 2.25. The van der Waals surface area contributed by atoms with Crippen molar-refractivity contribution in [1.29, 1.82) is 0 Å². The lowest BCUT2D eigenvalue weighted by molar-refractivity contribution is -0.116. The van der Waals surface area contributed by atoms with E-state index in [1.807, 2.05) is 31.2 Å². The summed E-state index contributed by atoms with van der Waals surface area (Å²) in [6.45, 7) is 4.12. The zero-order chi connectivity index (χ0) is 20.2. The number of fused-ring (bicyclic) bond motifs is 1. The summed E-state index contributed by atoms with van der Waals surface area (Å²) >= 11 is 0. The molecule has 7 nitrogen and oxygen atoms in total. The van der Waals surface area contributed by atoms with Gasteiger partial charge in [0.1, 0.15) is 0 Å². The summed E-state index contributed by atoms with van der Waals surface area (Å²) in [5.74, 6) is 0.674. The second-order valence-corrected chi connectivity index (χ2v) is 7.43. The fraction of sp³-hybridized carbons (Fsp3) is 0.364. The van der Waals surface area contributed by atoms with Gasteiger partial charge in [-0.3, -0.25) is 14.2 Å². The summed E-state index contributed by atoms with van der Waals surface area (Å²) in [5, 5.41) is 3.54. The molecule has 150 valence electrons. The predicted octanol–water partition coefficient (Wildman–Crippen LogP) is 3.12. The van der Waals surface area contributed by atoms with Crippen LogP contribution in [0.4, 0.5) is 11.5 Å². The van der Waals surface area contributed by atoms with E-state index >= 15 is 0 Å². The molecule has 0 unspecified atom stereocenters. The minimum absolute atomic E-state index is 0.123. The second kappa shape index (κ2) is 8.43. The highest BCUT2D eigenvalue weighted by Gasteiger charge is 2.17. The van der Waals surface area contributed by atoms with Gasteiger partial charge < -0.3 is 10.2 Å². The Labute approximate surface area is 169 Å². The van der Waals surface area contributed by atoms with Crippen LogP contribution in [0.3, 0.4) is 0 Å². The summed E-state index contributed by atoms with van der Waals surface area (Å²) in [4.78, 5) is 36.3. The number of carbonyl (C=O) groups excluding carboxylic acids is 1. The zero-order valence-electron chi connectivity index (χ0n) is 16.6. The molecule has 29 heavy (non-hydrogen) atoms. The topological polar surface area (TPSA) is 80.1 Å². The first-order chi connectivity index (χ1) is 14.1. The lowest BCUT2D eigenvalue weighted by Gasteiger charge is -2.29. The van der Waals surface area contributed by atoms with Crippen molar-refractivity contribution in [2.24, 2.45) is 0 Å². The molecule has 0 bridgehead atoms. The molecule has 0 aliphatic carbocycles. The van der Waals surface area contributed by atoms with E-state index in [4.69, 9.17) is 0 Å². The maximum absolute atomic E-state index is 12.7. The van der Waals surface area contributed by atoms with Gasteiger partial charge in [0.25, 0.3) is 5.56 Å². The Morgan fingerprint density at radius 1 is 1.10 bits per heavy atom. The Morgan fingerprint density at radius 3 is 2.76 bits per heavy atom. The summed E-state index contributed by atoms with van der Waals surface area (Å²) < 4.78 is 1.50. The van der Waals surface area contributed by atoms with Crippen LogP contribution in [-0.4, -0.2) is 33.5 Å². The van der Waals surface area contributed by atoms with E-state index in [2.05, 4.69) is 20.2 Å². The maximum Gasteiger partial charge on any atom is 0.261 e. The lowest BCUT2D eigenvalue weighted by Crippen LogP contribution is -2.31. The first-order valence-corrected chi connectivity index (χ1v) is 10.1. The Balaban J connectivity index is 1.46. The van der Waals surface area contributed by atoms with Crippen molar-refractivity contribution in [2.45, 2.75) is 39.2 Å². The fourth-order valence-electron chi connectivity index (χ4n) is 3.78. The normalized spacial score (nSPS) is 14.2. The van der Waals surface area contributed by atoms with Gasteiger partial charge in [-0.15, -0.1) is 0 Å². The molecule has 4 rings (SSSR count). The number of aromatic nitrogens is 3. The third-order valence-electron chi connectivity index (χ3n) is 5.35. The summed E-state index contributed by atoms with van der Waals surface area (Å²) in [7, 11) is 0. The fourth-order valence-corrected chi connectivity index (χ4v) is 3.78. The van der Waals surface area contributed by atoms with Crippen LogP contribution in [0.25, 0.3) is 10.9 Å². The van der Waals surface area contributed by atoms with Crippen LogP contribution in [0.2, 0.25) is 0 Å². The van der Waals surface area contributed by atoms with Crippen molar-refractivity contribution in [1.82, 2.24) is 14.5 Å². The number of anilines is 2. The van der Waals surface area contributed by atoms with Crippen molar-refractivity contribution in [3.8, 4) is 0 Å². The summed E-state index contributed by atoms with van der Waals surface area (Å²) in [5.41, 5.74) is 2.27. The van der Waals surface area contributed by atoms with Gasteiger partial charge in [-0.2, -0.15) is 0 Å². The van der Waals surface area contributed by atoms with Crippen LogP contribution in [-0.2, 0) is 11.3 Å². The molecule has 3 aromatic rings. The highest BCUT2D eigenvalue weighted by molar-refractivity contribution is 5.93. The number of piperidine rings is 1. The van der Waals surface area contributed by atoms with Crippen molar-refractivity contribution in [2.75, 3.05) is 23.3 Å². The smallest absolute Gasteiger partial charge is 0.261 e. The van der Waals surface area contributed by atoms with Crippen LogP contribution in [0.15, 0.2) is 47.7 Å². The van der Waals surface area contributed by atoms with E-state index < -0.39 is 0 Å². The largest absolute Gasteiger partial charge is 0.355 e. The molecule has 1 aromatic carbocycles. The Bertz CT molecular complexity index is 1090. The standard InChI is InChI=1S/C22H25N5O2/c1-16-7-5-8-17-20(16)24-15-27(22(17)29)14-10-19(28)25-18-9-6-11-23-21(18)26-12-3-2-4-13-26/h5-9,11,15H,2-4,10,12-14H2,1H3,(H,25,28). The molecule has 3 heterocycles. The van der Waals surface area contributed by atoms with Crippen LogP contribution in [0.5, 0.6) is 0 Å². The molecule has 0 spiro atoms. The molecule has 0 saturated carbocycles.